The number of nitrogens with zero attached hydrogens (tertiary/aromatic N) is 4. The number of aryl methyl sites for hydroxylation is 1. The maximum atomic E-state index is 11.5. The van der Waals surface area contributed by atoms with Gasteiger partial charge in [0.1, 0.15) is 17.5 Å². The molecule has 32 heavy (non-hydrogen) atoms. The highest BCUT2D eigenvalue weighted by Crippen LogP contribution is 2.33. The number of ketones is 1. The standard InChI is InChI=1S/C25H30N6O/c1-6-8-9-19(7-2)17(4)28-23-22-14-21(20(15-26)11-10-16(3)32)24-27-12-13-31(24)25(22)30-18(5)29-23/h6-11,14-15,17,27H,1,12-13,26H2,2-5H3/b9-8-,11-10-,19-7+,20-15+,28-23?/t17-/m1/s1. The van der Waals surface area contributed by atoms with Crippen LogP contribution in [0.1, 0.15) is 32.2 Å². The fourth-order valence-corrected chi connectivity index (χ4v) is 3.72. The average Bonchev–Trinajstić information content (AvgIpc) is 3.25. The molecule has 1 atom stereocenters. The first-order valence-corrected chi connectivity index (χ1v) is 10.7. The number of rotatable bonds is 7. The smallest absolute Gasteiger partial charge is 0.161 e. The second kappa shape index (κ2) is 10.0. The first kappa shape index (κ1) is 22.9. The molecule has 0 aromatic carbocycles. The largest absolute Gasteiger partial charge is 0.404 e. The molecule has 0 amide bonds. The van der Waals surface area contributed by atoms with Gasteiger partial charge in [-0.1, -0.05) is 30.9 Å². The summed E-state index contributed by atoms with van der Waals surface area (Å²) in [5.41, 5.74) is 10.1. The SMILES string of the molecule is C=C/C=C\C(=C/C)[C@@H](C)N=c1nc(C)nc2n3c(c(C(/C=C\C(C)=O)=C/N)cc1-2)NCC3. The van der Waals surface area contributed by atoms with Crippen LogP contribution in [-0.2, 0) is 11.3 Å². The van der Waals surface area contributed by atoms with E-state index in [0.29, 0.717) is 11.3 Å². The van der Waals surface area contributed by atoms with E-state index in [2.05, 4.69) is 21.4 Å². The Balaban J connectivity index is 2.27. The third kappa shape index (κ3) is 4.77. The Labute approximate surface area is 188 Å². The zero-order chi connectivity index (χ0) is 23.3. The Hall–Kier alpha value is -3.74. The molecule has 3 aliphatic rings. The number of nitrogens with two attached hydrogens (primary N) is 1. The molecule has 0 aromatic rings. The Bertz CT molecular complexity index is 1200. The highest BCUT2D eigenvalue weighted by Gasteiger charge is 2.24. The fraction of sp³-hybridized carbons (Fsp3) is 0.280. The molecule has 0 saturated carbocycles. The molecule has 3 heterocycles. The fourth-order valence-electron chi connectivity index (χ4n) is 3.72. The summed E-state index contributed by atoms with van der Waals surface area (Å²) in [5.74, 6) is 2.36. The van der Waals surface area contributed by atoms with Gasteiger partial charge in [-0.05, 0) is 51.5 Å². The number of carbonyl (C=O) groups is 1. The summed E-state index contributed by atoms with van der Waals surface area (Å²) in [6.45, 7) is 12.7. The van der Waals surface area contributed by atoms with Crippen LogP contribution < -0.4 is 16.5 Å². The lowest BCUT2D eigenvalue weighted by Crippen LogP contribution is -2.22. The lowest BCUT2D eigenvalue weighted by atomic mass is 10.0. The third-order valence-electron chi connectivity index (χ3n) is 5.26. The summed E-state index contributed by atoms with van der Waals surface area (Å²) < 4.78 is 2.13. The maximum Gasteiger partial charge on any atom is 0.161 e. The molecule has 0 unspecified atom stereocenters. The number of hydrogen-bond acceptors (Lipinski definition) is 6. The molecule has 7 nitrogen and oxygen atoms in total. The number of hydrogen-bond donors (Lipinski definition) is 2. The monoisotopic (exact) mass is 430 g/mol. The first-order valence-electron chi connectivity index (χ1n) is 10.7. The van der Waals surface area contributed by atoms with Crippen molar-refractivity contribution in [3.05, 3.63) is 77.8 Å². The Morgan fingerprint density at radius 1 is 1.34 bits per heavy atom. The number of pyridine rings is 1. The van der Waals surface area contributed by atoms with Crippen molar-refractivity contribution in [1.29, 1.82) is 0 Å². The summed E-state index contributed by atoms with van der Waals surface area (Å²) in [5, 5.41) is 3.42. The average molecular weight is 431 g/mol. The molecular weight excluding hydrogens is 400 g/mol. The zero-order valence-electron chi connectivity index (χ0n) is 19.1. The minimum Gasteiger partial charge on any atom is -0.404 e. The predicted molar refractivity (Wildman–Crippen MR) is 130 cm³/mol. The Morgan fingerprint density at radius 2 is 2.12 bits per heavy atom. The summed E-state index contributed by atoms with van der Waals surface area (Å²) in [4.78, 5) is 25.8. The van der Waals surface area contributed by atoms with Crippen molar-refractivity contribution >= 4 is 17.2 Å². The van der Waals surface area contributed by atoms with Crippen LogP contribution in [0.25, 0.3) is 17.0 Å². The van der Waals surface area contributed by atoms with E-state index in [-0.39, 0.29) is 11.8 Å². The van der Waals surface area contributed by atoms with Crippen LogP contribution in [-0.4, -0.2) is 32.9 Å². The molecule has 0 fully saturated rings. The lowest BCUT2D eigenvalue weighted by molar-refractivity contribution is -0.112. The number of fused-ring (bicyclic) bond motifs is 3. The lowest BCUT2D eigenvalue weighted by Gasteiger charge is -2.18. The van der Waals surface area contributed by atoms with Crippen LogP contribution in [0.4, 0.5) is 5.82 Å². The molecule has 3 rings (SSSR count). The van der Waals surface area contributed by atoms with Crippen LogP contribution in [0.2, 0.25) is 0 Å². The summed E-state index contributed by atoms with van der Waals surface area (Å²) in [7, 11) is 0. The van der Waals surface area contributed by atoms with E-state index in [1.807, 2.05) is 45.1 Å². The number of aromatic nitrogens is 3. The van der Waals surface area contributed by atoms with Crippen LogP contribution >= 0.6 is 0 Å². The minimum atomic E-state index is -0.101. The van der Waals surface area contributed by atoms with Crippen molar-refractivity contribution in [2.24, 2.45) is 10.7 Å². The number of allylic oxidation sites excluding steroid dienone is 6. The summed E-state index contributed by atoms with van der Waals surface area (Å²) in [6, 6.07) is 1.90. The second-order valence-corrected chi connectivity index (χ2v) is 7.57. The molecule has 0 radical (unpaired) electrons. The topological polar surface area (TPSA) is 98.2 Å². The van der Waals surface area contributed by atoms with E-state index in [4.69, 9.17) is 15.7 Å². The molecule has 0 bridgehead atoms. The van der Waals surface area contributed by atoms with E-state index >= 15 is 0 Å². The molecule has 166 valence electrons. The number of carbonyl (C=O) groups excluding carboxylic acids is 1. The van der Waals surface area contributed by atoms with E-state index in [1.54, 1.807) is 12.2 Å². The molecule has 0 aromatic heterocycles. The van der Waals surface area contributed by atoms with E-state index in [9.17, 15) is 4.79 Å². The summed E-state index contributed by atoms with van der Waals surface area (Å²) in [6.07, 6.45) is 12.4. The third-order valence-corrected chi connectivity index (χ3v) is 5.26. The Kier molecular flexibility index (Phi) is 7.20. The van der Waals surface area contributed by atoms with Gasteiger partial charge in [-0.2, -0.15) is 0 Å². The number of nitrogens with one attached hydrogen (secondary N) is 1. The molecule has 0 spiro atoms. The van der Waals surface area contributed by atoms with Gasteiger partial charge in [-0.3, -0.25) is 9.79 Å². The minimum absolute atomic E-state index is 0.0441. The van der Waals surface area contributed by atoms with Crippen molar-refractivity contribution in [3.63, 3.8) is 0 Å². The van der Waals surface area contributed by atoms with Gasteiger partial charge in [0.05, 0.1) is 11.6 Å². The van der Waals surface area contributed by atoms with Gasteiger partial charge in [0.2, 0.25) is 0 Å². The zero-order valence-corrected chi connectivity index (χ0v) is 19.1. The van der Waals surface area contributed by atoms with Crippen LogP contribution in [0.15, 0.2) is 65.9 Å². The second-order valence-electron chi connectivity index (χ2n) is 7.57. The van der Waals surface area contributed by atoms with Crippen molar-refractivity contribution in [1.82, 2.24) is 14.5 Å². The van der Waals surface area contributed by atoms with Crippen LogP contribution in [0.5, 0.6) is 0 Å². The maximum absolute atomic E-state index is 11.5. The molecule has 3 aliphatic heterocycles. The van der Waals surface area contributed by atoms with Crippen molar-refractivity contribution < 1.29 is 4.79 Å². The molecule has 0 saturated heterocycles. The quantitative estimate of drug-likeness (QED) is 0.517. The van der Waals surface area contributed by atoms with Gasteiger partial charge in [0.25, 0.3) is 0 Å². The van der Waals surface area contributed by atoms with Gasteiger partial charge < -0.3 is 15.6 Å². The van der Waals surface area contributed by atoms with Crippen molar-refractivity contribution in [2.75, 3.05) is 11.9 Å². The number of anilines is 1. The van der Waals surface area contributed by atoms with Gasteiger partial charge >= 0.3 is 0 Å². The first-order chi connectivity index (χ1) is 15.4. The van der Waals surface area contributed by atoms with E-state index in [1.165, 1.54) is 19.2 Å². The molecular formula is C25H30N6O. The predicted octanol–water partition coefficient (Wildman–Crippen LogP) is 3.54. The van der Waals surface area contributed by atoms with Crippen molar-refractivity contribution in [3.8, 4) is 11.4 Å². The Morgan fingerprint density at radius 3 is 2.78 bits per heavy atom. The van der Waals surface area contributed by atoms with Gasteiger partial charge in [-0.25, -0.2) is 9.97 Å². The molecule has 7 heteroatoms. The van der Waals surface area contributed by atoms with Gasteiger partial charge in [0, 0.05) is 30.4 Å². The molecule has 3 N–H and O–H groups in total. The van der Waals surface area contributed by atoms with Crippen LogP contribution in [0, 0.1) is 6.92 Å². The highest BCUT2D eigenvalue weighted by atomic mass is 16.1. The van der Waals surface area contributed by atoms with E-state index < -0.39 is 0 Å². The van der Waals surface area contributed by atoms with Crippen molar-refractivity contribution in [2.45, 2.75) is 40.3 Å². The highest BCUT2D eigenvalue weighted by molar-refractivity contribution is 5.92. The normalized spacial score (nSPS) is 16.1. The van der Waals surface area contributed by atoms with E-state index in [0.717, 1.165) is 47.0 Å². The molecule has 0 aliphatic carbocycles. The van der Waals surface area contributed by atoms with Gasteiger partial charge in [0.15, 0.2) is 11.3 Å². The summed E-state index contributed by atoms with van der Waals surface area (Å²) >= 11 is 0. The van der Waals surface area contributed by atoms with Gasteiger partial charge in [-0.15, -0.1) is 0 Å². The van der Waals surface area contributed by atoms with Crippen LogP contribution in [0.3, 0.4) is 0 Å².